The molecule has 2 N–H and O–H groups in total. The lowest BCUT2D eigenvalue weighted by Gasteiger charge is -2.07. The zero-order chi connectivity index (χ0) is 12.4. The number of pyridine rings is 1. The number of rotatable bonds is 3. The van der Waals surface area contributed by atoms with Crippen LogP contribution in [0.4, 0.5) is 0 Å². The molecule has 3 nitrogen and oxygen atoms in total. The first kappa shape index (κ1) is 11.3. The summed E-state index contributed by atoms with van der Waals surface area (Å²) < 4.78 is 1.19. The molecule has 0 bridgehead atoms. The van der Waals surface area contributed by atoms with Crippen LogP contribution >= 0.6 is 11.3 Å². The molecular weight excluding hydrogens is 242 g/mol. The predicted molar refractivity (Wildman–Crippen MR) is 74.5 cm³/mol. The number of aromatic nitrogens is 2. The molecule has 0 saturated heterocycles. The molecule has 1 atom stereocenters. The highest BCUT2D eigenvalue weighted by atomic mass is 32.1. The van der Waals surface area contributed by atoms with Gasteiger partial charge in [0.2, 0.25) is 0 Å². The Kier molecular flexibility index (Phi) is 3.04. The summed E-state index contributed by atoms with van der Waals surface area (Å²) in [6.07, 6.45) is 4.40. The van der Waals surface area contributed by atoms with E-state index in [4.69, 9.17) is 5.73 Å². The highest BCUT2D eigenvalue weighted by molar-refractivity contribution is 7.18. The lowest BCUT2D eigenvalue weighted by molar-refractivity contribution is 0.715. The smallest absolute Gasteiger partial charge is 0.111 e. The van der Waals surface area contributed by atoms with E-state index in [-0.39, 0.29) is 6.04 Å². The summed E-state index contributed by atoms with van der Waals surface area (Å²) >= 11 is 1.67. The van der Waals surface area contributed by atoms with Crippen molar-refractivity contribution in [2.75, 3.05) is 0 Å². The maximum atomic E-state index is 6.21. The van der Waals surface area contributed by atoms with Crippen molar-refractivity contribution in [3.05, 3.63) is 59.4 Å². The molecule has 3 aromatic rings. The first-order chi connectivity index (χ1) is 8.83. The van der Waals surface area contributed by atoms with Crippen LogP contribution in [0.5, 0.6) is 0 Å². The van der Waals surface area contributed by atoms with Gasteiger partial charge in [0.25, 0.3) is 0 Å². The summed E-state index contributed by atoms with van der Waals surface area (Å²) in [5.41, 5.74) is 8.38. The van der Waals surface area contributed by atoms with E-state index < -0.39 is 0 Å². The molecule has 2 heterocycles. The molecule has 0 spiro atoms. The van der Waals surface area contributed by atoms with Crippen molar-refractivity contribution in [3.63, 3.8) is 0 Å². The number of hydrogen-bond acceptors (Lipinski definition) is 4. The Morgan fingerprint density at radius 1 is 1.17 bits per heavy atom. The van der Waals surface area contributed by atoms with Crippen LogP contribution in [0.2, 0.25) is 0 Å². The minimum Gasteiger partial charge on any atom is -0.322 e. The van der Waals surface area contributed by atoms with E-state index in [2.05, 4.69) is 16.0 Å². The Bertz CT molecular complexity index is 615. The molecule has 0 amide bonds. The van der Waals surface area contributed by atoms with Gasteiger partial charge in [-0.3, -0.25) is 4.98 Å². The topological polar surface area (TPSA) is 51.8 Å². The summed E-state index contributed by atoms with van der Waals surface area (Å²) in [7, 11) is 0. The standard InChI is InChI=1S/C14H13N3S/c15-11(8-10-4-3-7-16-9-10)14-17-12-5-1-2-6-13(12)18-14/h1-7,9,11H,8,15H2. The molecule has 0 aliphatic heterocycles. The number of hydrogen-bond donors (Lipinski definition) is 1. The average Bonchev–Trinajstić information content (AvgIpc) is 2.84. The van der Waals surface area contributed by atoms with Crippen LogP contribution in [0.1, 0.15) is 16.6 Å². The van der Waals surface area contributed by atoms with E-state index in [0.29, 0.717) is 0 Å². The van der Waals surface area contributed by atoms with Crippen LogP contribution in [0.3, 0.4) is 0 Å². The Hall–Kier alpha value is -1.78. The van der Waals surface area contributed by atoms with Crippen molar-refractivity contribution >= 4 is 21.6 Å². The van der Waals surface area contributed by atoms with Crippen molar-refractivity contribution in [2.45, 2.75) is 12.5 Å². The van der Waals surface area contributed by atoms with Gasteiger partial charge in [-0.05, 0) is 30.2 Å². The minimum absolute atomic E-state index is 0.0633. The highest BCUT2D eigenvalue weighted by Gasteiger charge is 2.12. The number of nitrogens with zero attached hydrogens (tertiary/aromatic N) is 2. The van der Waals surface area contributed by atoms with Gasteiger partial charge in [0.05, 0.1) is 16.3 Å². The third kappa shape index (κ3) is 2.25. The largest absolute Gasteiger partial charge is 0.322 e. The van der Waals surface area contributed by atoms with Crippen molar-refractivity contribution < 1.29 is 0 Å². The molecule has 4 heteroatoms. The summed E-state index contributed by atoms with van der Waals surface area (Å²) in [5, 5.41) is 0.986. The number of para-hydroxylation sites is 1. The van der Waals surface area contributed by atoms with E-state index >= 15 is 0 Å². The van der Waals surface area contributed by atoms with Gasteiger partial charge in [0.15, 0.2) is 0 Å². The number of thiazole rings is 1. The highest BCUT2D eigenvalue weighted by Crippen LogP contribution is 2.26. The van der Waals surface area contributed by atoms with Crippen LogP contribution < -0.4 is 5.73 Å². The van der Waals surface area contributed by atoms with Crippen molar-refractivity contribution in [2.24, 2.45) is 5.73 Å². The second-order valence-corrected chi connectivity index (χ2v) is 5.25. The van der Waals surface area contributed by atoms with E-state index in [1.54, 1.807) is 17.5 Å². The molecule has 0 aliphatic rings. The van der Waals surface area contributed by atoms with Crippen molar-refractivity contribution in [1.82, 2.24) is 9.97 Å². The first-order valence-electron chi connectivity index (χ1n) is 5.83. The van der Waals surface area contributed by atoms with Crippen molar-refractivity contribution in [3.8, 4) is 0 Å². The van der Waals surface area contributed by atoms with Gasteiger partial charge < -0.3 is 5.73 Å². The fourth-order valence-electron chi connectivity index (χ4n) is 1.91. The van der Waals surface area contributed by atoms with Gasteiger partial charge in [-0.2, -0.15) is 0 Å². The lowest BCUT2D eigenvalue weighted by Crippen LogP contribution is -2.13. The van der Waals surface area contributed by atoms with Gasteiger partial charge >= 0.3 is 0 Å². The third-order valence-corrected chi connectivity index (χ3v) is 3.97. The molecular formula is C14H13N3S. The van der Waals surface area contributed by atoms with E-state index in [9.17, 15) is 0 Å². The molecule has 0 radical (unpaired) electrons. The van der Waals surface area contributed by atoms with Crippen LogP contribution in [0, 0.1) is 0 Å². The van der Waals surface area contributed by atoms with Gasteiger partial charge in [-0.1, -0.05) is 18.2 Å². The van der Waals surface area contributed by atoms with Gasteiger partial charge in [-0.15, -0.1) is 11.3 Å². The normalized spacial score (nSPS) is 12.7. The number of nitrogens with two attached hydrogens (primary N) is 1. The summed E-state index contributed by atoms with van der Waals surface area (Å²) in [6, 6.07) is 12.0. The number of benzene rings is 1. The summed E-state index contributed by atoms with van der Waals surface area (Å²) in [4.78, 5) is 8.68. The second-order valence-electron chi connectivity index (χ2n) is 4.19. The monoisotopic (exact) mass is 255 g/mol. The molecule has 2 aromatic heterocycles. The molecule has 0 saturated carbocycles. The zero-order valence-electron chi connectivity index (χ0n) is 9.78. The number of fused-ring (bicyclic) bond motifs is 1. The van der Waals surface area contributed by atoms with Gasteiger partial charge in [0, 0.05) is 12.4 Å². The third-order valence-electron chi connectivity index (χ3n) is 2.81. The van der Waals surface area contributed by atoms with Crippen LogP contribution in [-0.2, 0) is 6.42 Å². The fraction of sp³-hybridized carbons (Fsp3) is 0.143. The van der Waals surface area contributed by atoms with Gasteiger partial charge in [0.1, 0.15) is 5.01 Å². The molecule has 1 unspecified atom stereocenters. The maximum Gasteiger partial charge on any atom is 0.111 e. The van der Waals surface area contributed by atoms with E-state index in [0.717, 1.165) is 22.5 Å². The molecule has 18 heavy (non-hydrogen) atoms. The van der Waals surface area contributed by atoms with Crippen LogP contribution in [-0.4, -0.2) is 9.97 Å². The lowest BCUT2D eigenvalue weighted by atomic mass is 10.1. The SMILES string of the molecule is NC(Cc1cccnc1)c1nc2ccccc2s1. The fourth-order valence-corrected chi connectivity index (χ4v) is 2.88. The second kappa shape index (κ2) is 4.84. The minimum atomic E-state index is -0.0633. The van der Waals surface area contributed by atoms with Crippen molar-refractivity contribution in [1.29, 1.82) is 0 Å². The Morgan fingerprint density at radius 2 is 2.06 bits per heavy atom. The molecule has 1 aromatic carbocycles. The average molecular weight is 255 g/mol. The van der Waals surface area contributed by atoms with E-state index in [1.807, 2.05) is 36.5 Å². The van der Waals surface area contributed by atoms with Crippen LogP contribution in [0.25, 0.3) is 10.2 Å². The van der Waals surface area contributed by atoms with Crippen LogP contribution in [0.15, 0.2) is 48.8 Å². The quantitative estimate of drug-likeness (QED) is 0.783. The molecule has 90 valence electrons. The maximum absolute atomic E-state index is 6.21. The molecule has 0 fully saturated rings. The summed E-state index contributed by atoms with van der Waals surface area (Å²) in [5.74, 6) is 0. The Labute approximate surface area is 109 Å². The van der Waals surface area contributed by atoms with Gasteiger partial charge in [-0.25, -0.2) is 4.98 Å². The molecule has 3 rings (SSSR count). The van der Waals surface area contributed by atoms with E-state index in [1.165, 1.54) is 4.70 Å². The first-order valence-corrected chi connectivity index (χ1v) is 6.64. The predicted octanol–water partition coefficient (Wildman–Crippen LogP) is 2.93. The zero-order valence-corrected chi connectivity index (χ0v) is 10.6. The Morgan fingerprint density at radius 3 is 2.83 bits per heavy atom. The Balaban J connectivity index is 1.86. The summed E-state index contributed by atoms with van der Waals surface area (Å²) in [6.45, 7) is 0. The molecule has 0 aliphatic carbocycles.